The van der Waals surface area contributed by atoms with Crippen LogP contribution in [0.3, 0.4) is 0 Å². The van der Waals surface area contributed by atoms with Gasteiger partial charge in [0.25, 0.3) is 0 Å². The van der Waals surface area contributed by atoms with E-state index in [1.807, 2.05) is 18.2 Å². The molecule has 0 unspecified atom stereocenters. The molecule has 0 aliphatic heterocycles. The summed E-state index contributed by atoms with van der Waals surface area (Å²) in [5.41, 5.74) is 7.37. The Labute approximate surface area is 139 Å². The summed E-state index contributed by atoms with van der Waals surface area (Å²) in [7, 11) is 6.45. The summed E-state index contributed by atoms with van der Waals surface area (Å²) in [6.07, 6.45) is 0. The van der Waals surface area contributed by atoms with Crippen LogP contribution in [0.2, 0.25) is 0 Å². The van der Waals surface area contributed by atoms with Crippen LogP contribution in [-0.4, -0.2) is 7.85 Å². The van der Waals surface area contributed by atoms with E-state index in [-0.39, 0.29) is 0 Å². The lowest BCUT2D eigenvalue weighted by Gasteiger charge is -2.08. The van der Waals surface area contributed by atoms with Crippen LogP contribution in [0, 0.1) is 0 Å². The standard InChI is InChI=1S/C22H11BO/c23-16-11-18-21(13-7-1-2-10-17(13)24-18)22-15-9-4-6-12-5-3-8-14(19(12)15)20(16)22/h1-11H. The molecule has 5 aromatic rings. The number of fused-ring (bicyclic) bond motifs is 7. The van der Waals surface area contributed by atoms with Crippen molar-refractivity contribution in [2.45, 2.75) is 0 Å². The van der Waals surface area contributed by atoms with E-state index in [1.54, 1.807) is 0 Å². The highest BCUT2D eigenvalue weighted by Crippen LogP contribution is 2.50. The second-order valence-corrected chi connectivity index (χ2v) is 6.40. The fourth-order valence-electron chi connectivity index (χ4n) is 4.22. The van der Waals surface area contributed by atoms with Gasteiger partial charge >= 0.3 is 0 Å². The van der Waals surface area contributed by atoms with E-state index in [0.29, 0.717) is 0 Å². The first kappa shape index (κ1) is 12.4. The molecule has 1 aliphatic carbocycles. The Kier molecular flexibility index (Phi) is 2.12. The minimum absolute atomic E-state index is 0.778. The number of benzene rings is 4. The number of rotatable bonds is 0. The number of hydrogen-bond acceptors (Lipinski definition) is 1. The summed E-state index contributed by atoms with van der Waals surface area (Å²) in [5.74, 6) is 0. The van der Waals surface area contributed by atoms with Crippen molar-refractivity contribution in [2.75, 3.05) is 0 Å². The monoisotopic (exact) mass is 302 g/mol. The minimum Gasteiger partial charge on any atom is -0.456 e. The molecule has 0 spiro atoms. The summed E-state index contributed by atoms with van der Waals surface area (Å²) >= 11 is 0. The topological polar surface area (TPSA) is 13.1 Å². The summed E-state index contributed by atoms with van der Waals surface area (Å²) in [6, 6.07) is 23.1. The number of para-hydroxylation sites is 1. The van der Waals surface area contributed by atoms with Crippen molar-refractivity contribution >= 4 is 46.0 Å². The van der Waals surface area contributed by atoms with Crippen LogP contribution in [0.15, 0.2) is 71.1 Å². The van der Waals surface area contributed by atoms with Crippen molar-refractivity contribution in [3.63, 3.8) is 0 Å². The zero-order valence-electron chi connectivity index (χ0n) is 12.8. The maximum absolute atomic E-state index is 6.45. The molecule has 1 aromatic heterocycles. The van der Waals surface area contributed by atoms with Gasteiger partial charge in [-0.15, -0.1) is 0 Å². The third-order valence-corrected chi connectivity index (χ3v) is 5.14. The molecule has 0 bridgehead atoms. The molecule has 108 valence electrons. The molecule has 2 radical (unpaired) electrons. The Morgan fingerprint density at radius 3 is 2.25 bits per heavy atom. The van der Waals surface area contributed by atoms with Crippen LogP contribution < -0.4 is 5.46 Å². The average molecular weight is 302 g/mol. The lowest BCUT2D eigenvalue weighted by Crippen LogP contribution is -2.06. The molecular weight excluding hydrogens is 291 g/mol. The van der Waals surface area contributed by atoms with Gasteiger partial charge in [0.05, 0.1) is 0 Å². The third kappa shape index (κ3) is 1.33. The molecule has 0 amide bonds. The van der Waals surface area contributed by atoms with Crippen molar-refractivity contribution in [1.82, 2.24) is 0 Å². The molecule has 0 N–H and O–H groups in total. The first-order valence-corrected chi connectivity index (χ1v) is 8.09. The van der Waals surface area contributed by atoms with Gasteiger partial charge in [-0.05, 0) is 39.6 Å². The molecule has 1 aliphatic rings. The number of furan rings is 1. The van der Waals surface area contributed by atoms with Crippen LogP contribution in [0.4, 0.5) is 0 Å². The largest absolute Gasteiger partial charge is 0.456 e. The van der Waals surface area contributed by atoms with Gasteiger partial charge in [-0.1, -0.05) is 60.1 Å². The minimum atomic E-state index is 0.778. The van der Waals surface area contributed by atoms with Gasteiger partial charge in [-0.2, -0.15) is 0 Å². The second-order valence-electron chi connectivity index (χ2n) is 6.40. The van der Waals surface area contributed by atoms with Crippen LogP contribution in [0.5, 0.6) is 0 Å². The average Bonchev–Trinajstić information content (AvgIpc) is 3.13. The molecule has 0 atom stereocenters. The van der Waals surface area contributed by atoms with E-state index in [1.165, 1.54) is 32.8 Å². The summed E-state index contributed by atoms with van der Waals surface area (Å²) in [5, 5.41) is 4.85. The van der Waals surface area contributed by atoms with Crippen LogP contribution >= 0.6 is 0 Å². The first-order valence-electron chi connectivity index (χ1n) is 8.09. The van der Waals surface area contributed by atoms with Gasteiger partial charge in [-0.3, -0.25) is 0 Å². The second kappa shape index (κ2) is 4.10. The molecule has 0 saturated carbocycles. The Balaban J connectivity index is 1.95. The maximum Gasteiger partial charge on any atom is 0.135 e. The smallest absolute Gasteiger partial charge is 0.135 e. The normalized spacial score (nSPS) is 12.3. The molecule has 1 heterocycles. The first-order chi connectivity index (χ1) is 11.8. The molecule has 0 saturated heterocycles. The molecule has 1 nitrogen and oxygen atoms in total. The Morgan fingerprint density at radius 1 is 0.667 bits per heavy atom. The quantitative estimate of drug-likeness (QED) is 0.352. The lowest BCUT2D eigenvalue weighted by molar-refractivity contribution is 0.669. The Bertz CT molecular complexity index is 1310. The van der Waals surface area contributed by atoms with Crippen molar-refractivity contribution in [2.24, 2.45) is 0 Å². The highest BCUT2D eigenvalue weighted by atomic mass is 16.3. The van der Waals surface area contributed by atoms with Gasteiger partial charge in [-0.25, -0.2) is 0 Å². The third-order valence-electron chi connectivity index (χ3n) is 5.14. The number of hydrogen-bond donors (Lipinski definition) is 0. The summed E-state index contributed by atoms with van der Waals surface area (Å²) in [6.45, 7) is 0. The van der Waals surface area contributed by atoms with Gasteiger partial charge in [0.2, 0.25) is 0 Å². The van der Waals surface area contributed by atoms with E-state index < -0.39 is 0 Å². The van der Waals surface area contributed by atoms with Crippen molar-refractivity contribution in [3.8, 4) is 22.3 Å². The Hall–Kier alpha value is -3.00. The predicted molar refractivity (Wildman–Crippen MR) is 101 cm³/mol. The van der Waals surface area contributed by atoms with E-state index in [4.69, 9.17) is 12.3 Å². The van der Waals surface area contributed by atoms with E-state index in [2.05, 4.69) is 48.5 Å². The van der Waals surface area contributed by atoms with E-state index in [9.17, 15) is 0 Å². The predicted octanol–water partition coefficient (Wildman–Crippen LogP) is 5.18. The molecule has 6 rings (SSSR count). The van der Waals surface area contributed by atoms with Gasteiger partial charge in [0, 0.05) is 16.3 Å². The van der Waals surface area contributed by atoms with E-state index >= 15 is 0 Å². The highest BCUT2D eigenvalue weighted by Gasteiger charge is 2.26. The molecular formula is C22H11BO. The molecule has 2 heteroatoms. The van der Waals surface area contributed by atoms with Crippen LogP contribution in [-0.2, 0) is 0 Å². The van der Waals surface area contributed by atoms with Gasteiger partial charge < -0.3 is 4.42 Å². The van der Waals surface area contributed by atoms with Gasteiger partial charge in [0.1, 0.15) is 19.0 Å². The van der Waals surface area contributed by atoms with E-state index in [0.717, 1.165) is 27.6 Å². The summed E-state index contributed by atoms with van der Waals surface area (Å²) in [4.78, 5) is 0. The fraction of sp³-hybridized carbons (Fsp3) is 0. The van der Waals surface area contributed by atoms with Crippen LogP contribution in [0.1, 0.15) is 0 Å². The maximum atomic E-state index is 6.45. The Morgan fingerprint density at radius 2 is 1.42 bits per heavy atom. The summed E-state index contributed by atoms with van der Waals surface area (Å²) < 4.78 is 6.07. The zero-order valence-corrected chi connectivity index (χ0v) is 12.8. The molecule has 24 heavy (non-hydrogen) atoms. The molecule has 4 aromatic carbocycles. The SMILES string of the molecule is [B]c1cc2oc3ccccc3c2c2c1-c1cccc3cccc-2c13. The van der Waals surface area contributed by atoms with Crippen molar-refractivity contribution < 1.29 is 4.42 Å². The van der Waals surface area contributed by atoms with Crippen molar-refractivity contribution in [3.05, 3.63) is 66.7 Å². The van der Waals surface area contributed by atoms with Gasteiger partial charge in [0.15, 0.2) is 0 Å². The molecule has 0 fully saturated rings. The van der Waals surface area contributed by atoms with Crippen molar-refractivity contribution in [1.29, 1.82) is 0 Å². The fourth-order valence-corrected chi connectivity index (χ4v) is 4.22. The lowest BCUT2D eigenvalue weighted by atomic mass is 9.84. The van der Waals surface area contributed by atoms with Crippen LogP contribution in [0.25, 0.3) is 55.0 Å². The zero-order chi connectivity index (χ0) is 15.8. The highest BCUT2D eigenvalue weighted by molar-refractivity contribution is 6.42.